The van der Waals surface area contributed by atoms with Gasteiger partial charge in [0, 0.05) is 18.0 Å². The summed E-state index contributed by atoms with van der Waals surface area (Å²) < 4.78 is 2.33. The summed E-state index contributed by atoms with van der Waals surface area (Å²) in [5, 5.41) is 4.32. The number of fused-ring (bicyclic) bond motifs is 1. The van der Waals surface area contributed by atoms with Crippen LogP contribution in [0.4, 0.5) is 0 Å². The predicted octanol–water partition coefficient (Wildman–Crippen LogP) is 4.13. The molecule has 1 saturated heterocycles. The number of aromatic nitrogens is 2. The molecule has 0 bridgehead atoms. The smallest absolute Gasteiger partial charge is 0.113 e. The van der Waals surface area contributed by atoms with Crippen molar-refractivity contribution in [3.63, 3.8) is 0 Å². The Labute approximate surface area is 125 Å². The average Bonchev–Trinajstić information content (AvgIpc) is 2.79. The van der Waals surface area contributed by atoms with E-state index in [1.54, 1.807) is 0 Å². The van der Waals surface area contributed by atoms with Crippen molar-refractivity contribution in [2.24, 2.45) is 0 Å². The second kappa shape index (κ2) is 5.38. The normalized spacial score (nSPS) is 23.6. The highest BCUT2D eigenvalue weighted by Crippen LogP contribution is 2.34. The summed E-state index contributed by atoms with van der Waals surface area (Å²) in [5.41, 5.74) is 2.11. The lowest BCUT2D eigenvalue weighted by molar-refractivity contribution is 0.360. The van der Waals surface area contributed by atoms with Crippen LogP contribution >= 0.6 is 11.6 Å². The van der Waals surface area contributed by atoms with E-state index in [1.165, 1.54) is 5.82 Å². The second-order valence-corrected chi connectivity index (χ2v) is 6.52. The standard InChI is InChI=1S/C16H22ClN3/c1-10(2)20-15-13(17)5-4-6-14(15)19-16(20)12-7-8-18-11(3)9-12/h4-6,10-12,18H,7-9H2,1-3H3. The fourth-order valence-electron chi connectivity index (χ4n) is 3.30. The Morgan fingerprint density at radius 1 is 1.40 bits per heavy atom. The molecule has 3 rings (SSSR count). The molecule has 1 aromatic heterocycles. The molecule has 4 heteroatoms. The van der Waals surface area contributed by atoms with Crippen LogP contribution in [0.15, 0.2) is 18.2 Å². The molecule has 0 aliphatic carbocycles. The van der Waals surface area contributed by atoms with Crippen molar-refractivity contribution < 1.29 is 0 Å². The molecule has 1 aromatic carbocycles. The van der Waals surface area contributed by atoms with Gasteiger partial charge in [-0.25, -0.2) is 4.98 Å². The molecule has 1 aliphatic rings. The summed E-state index contributed by atoms with van der Waals surface area (Å²) in [5.74, 6) is 1.73. The van der Waals surface area contributed by atoms with Crippen LogP contribution in [0.25, 0.3) is 11.0 Å². The monoisotopic (exact) mass is 291 g/mol. The Morgan fingerprint density at radius 2 is 2.20 bits per heavy atom. The van der Waals surface area contributed by atoms with Crippen molar-refractivity contribution in [2.45, 2.75) is 51.6 Å². The lowest BCUT2D eigenvalue weighted by Gasteiger charge is -2.29. The molecule has 2 unspecified atom stereocenters. The number of para-hydroxylation sites is 1. The summed E-state index contributed by atoms with van der Waals surface area (Å²) in [7, 11) is 0. The molecular weight excluding hydrogens is 270 g/mol. The van der Waals surface area contributed by atoms with Gasteiger partial charge in [-0.05, 0) is 52.3 Å². The van der Waals surface area contributed by atoms with Crippen LogP contribution in [0.5, 0.6) is 0 Å². The number of benzene rings is 1. The number of imidazole rings is 1. The first-order valence-electron chi connectivity index (χ1n) is 7.47. The van der Waals surface area contributed by atoms with Crippen LogP contribution < -0.4 is 5.32 Å². The third-order valence-electron chi connectivity index (χ3n) is 4.19. The Bertz CT molecular complexity index is 617. The van der Waals surface area contributed by atoms with E-state index < -0.39 is 0 Å². The molecule has 0 radical (unpaired) electrons. The number of hydrogen-bond donors (Lipinski definition) is 1. The maximum absolute atomic E-state index is 6.41. The van der Waals surface area contributed by atoms with Gasteiger partial charge in [0.05, 0.1) is 16.1 Å². The van der Waals surface area contributed by atoms with Crippen molar-refractivity contribution in [1.82, 2.24) is 14.9 Å². The van der Waals surface area contributed by atoms with Gasteiger partial charge in [-0.3, -0.25) is 0 Å². The SMILES string of the molecule is CC1CC(c2nc3cccc(Cl)c3n2C(C)C)CCN1. The fraction of sp³-hybridized carbons (Fsp3) is 0.562. The molecule has 0 spiro atoms. The number of nitrogens with one attached hydrogen (secondary N) is 1. The number of rotatable bonds is 2. The minimum atomic E-state index is 0.375. The van der Waals surface area contributed by atoms with E-state index in [9.17, 15) is 0 Å². The molecule has 1 N–H and O–H groups in total. The number of piperidine rings is 1. The van der Waals surface area contributed by atoms with E-state index >= 15 is 0 Å². The Kier molecular flexibility index (Phi) is 3.74. The minimum Gasteiger partial charge on any atom is -0.324 e. The average molecular weight is 292 g/mol. The minimum absolute atomic E-state index is 0.375. The molecule has 1 aliphatic heterocycles. The van der Waals surface area contributed by atoms with Gasteiger partial charge in [-0.2, -0.15) is 0 Å². The van der Waals surface area contributed by atoms with Gasteiger partial charge >= 0.3 is 0 Å². The van der Waals surface area contributed by atoms with Gasteiger partial charge in [0.1, 0.15) is 5.82 Å². The number of nitrogens with zero attached hydrogens (tertiary/aromatic N) is 2. The van der Waals surface area contributed by atoms with Gasteiger partial charge < -0.3 is 9.88 Å². The highest BCUT2D eigenvalue weighted by molar-refractivity contribution is 6.35. The van der Waals surface area contributed by atoms with Crippen LogP contribution in [-0.4, -0.2) is 22.1 Å². The zero-order valence-electron chi connectivity index (χ0n) is 12.4. The first-order chi connectivity index (χ1) is 9.58. The van der Waals surface area contributed by atoms with Crippen molar-refractivity contribution in [3.8, 4) is 0 Å². The van der Waals surface area contributed by atoms with Gasteiger partial charge in [0.2, 0.25) is 0 Å². The van der Waals surface area contributed by atoms with Gasteiger partial charge in [-0.1, -0.05) is 17.7 Å². The molecule has 108 valence electrons. The summed E-state index contributed by atoms with van der Waals surface area (Å²) in [6.45, 7) is 7.74. The summed E-state index contributed by atoms with van der Waals surface area (Å²) in [4.78, 5) is 4.90. The van der Waals surface area contributed by atoms with Crippen molar-refractivity contribution >= 4 is 22.6 Å². The number of halogens is 1. The van der Waals surface area contributed by atoms with Crippen molar-refractivity contribution in [2.75, 3.05) is 6.54 Å². The predicted molar refractivity (Wildman–Crippen MR) is 84.6 cm³/mol. The Hall–Kier alpha value is -1.06. The molecule has 0 amide bonds. The van der Waals surface area contributed by atoms with Crippen LogP contribution in [0.2, 0.25) is 5.02 Å². The molecule has 3 nitrogen and oxygen atoms in total. The van der Waals surface area contributed by atoms with Gasteiger partial charge in [-0.15, -0.1) is 0 Å². The van der Waals surface area contributed by atoms with E-state index in [0.29, 0.717) is 18.0 Å². The first-order valence-corrected chi connectivity index (χ1v) is 7.85. The summed E-state index contributed by atoms with van der Waals surface area (Å²) in [6.07, 6.45) is 2.30. The highest BCUT2D eigenvalue weighted by atomic mass is 35.5. The molecule has 2 aromatic rings. The molecule has 2 atom stereocenters. The zero-order valence-corrected chi connectivity index (χ0v) is 13.1. The quantitative estimate of drug-likeness (QED) is 0.902. The summed E-state index contributed by atoms with van der Waals surface area (Å²) in [6, 6.07) is 6.94. The molecule has 1 fully saturated rings. The molecular formula is C16H22ClN3. The molecule has 0 saturated carbocycles. The van der Waals surface area contributed by atoms with Gasteiger partial charge in [0.15, 0.2) is 0 Å². The van der Waals surface area contributed by atoms with E-state index in [-0.39, 0.29) is 0 Å². The van der Waals surface area contributed by atoms with E-state index in [1.807, 2.05) is 12.1 Å². The first kappa shape index (κ1) is 13.9. The highest BCUT2D eigenvalue weighted by Gasteiger charge is 2.26. The van der Waals surface area contributed by atoms with Crippen LogP contribution in [-0.2, 0) is 0 Å². The van der Waals surface area contributed by atoms with Crippen molar-refractivity contribution in [3.05, 3.63) is 29.0 Å². The maximum Gasteiger partial charge on any atom is 0.113 e. The van der Waals surface area contributed by atoms with E-state index in [0.717, 1.165) is 35.4 Å². The van der Waals surface area contributed by atoms with Crippen LogP contribution in [0.1, 0.15) is 51.4 Å². The maximum atomic E-state index is 6.41. The topological polar surface area (TPSA) is 29.9 Å². The Balaban J connectivity index is 2.14. The molecule has 2 heterocycles. The van der Waals surface area contributed by atoms with E-state index in [4.69, 9.17) is 16.6 Å². The largest absolute Gasteiger partial charge is 0.324 e. The zero-order chi connectivity index (χ0) is 14.3. The van der Waals surface area contributed by atoms with Crippen LogP contribution in [0, 0.1) is 0 Å². The van der Waals surface area contributed by atoms with Gasteiger partial charge in [0.25, 0.3) is 0 Å². The lowest BCUT2D eigenvalue weighted by atomic mass is 9.92. The lowest BCUT2D eigenvalue weighted by Crippen LogP contribution is -2.35. The third kappa shape index (κ3) is 2.33. The second-order valence-electron chi connectivity index (χ2n) is 6.12. The molecule has 20 heavy (non-hydrogen) atoms. The summed E-state index contributed by atoms with van der Waals surface area (Å²) >= 11 is 6.41. The number of hydrogen-bond acceptors (Lipinski definition) is 2. The fourth-order valence-corrected chi connectivity index (χ4v) is 3.56. The Morgan fingerprint density at radius 3 is 2.90 bits per heavy atom. The van der Waals surface area contributed by atoms with Crippen molar-refractivity contribution in [1.29, 1.82) is 0 Å². The third-order valence-corrected chi connectivity index (χ3v) is 4.50. The van der Waals surface area contributed by atoms with Crippen LogP contribution in [0.3, 0.4) is 0 Å². The van der Waals surface area contributed by atoms with E-state index in [2.05, 4.69) is 36.7 Å².